The molecule has 0 saturated heterocycles. The third-order valence-electron chi connectivity index (χ3n) is 14.8. The number of anilines is 9. The number of hydrogen-bond acceptors (Lipinski definition) is 4. The van der Waals surface area contributed by atoms with Crippen molar-refractivity contribution in [3.8, 4) is 22.3 Å². The first kappa shape index (κ1) is 42.5. The highest BCUT2D eigenvalue weighted by atomic mass is 32.1. The van der Waals surface area contributed by atoms with Gasteiger partial charge in [0.1, 0.15) is 5.00 Å². The van der Waals surface area contributed by atoms with Crippen LogP contribution in [-0.2, 0) is 21.7 Å². The highest BCUT2D eigenvalue weighted by molar-refractivity contribution is 7.24. The van der Waals surface area contributed by atoms with Crippen LogP contribution in [0.1, 0.15) is 129 Å². The molecule has 66 heavy (non-hydrogen) atoms. The van der Waals surface area contributed by atoms with Crippen LogP contribution in [0.4, 0.5) is 50.5 Å². The van der Waals surface area contributed by atoms with Crippen LogP contribution in [0.5, 0.6) is 0 Å². The van der Waals surface area contributed by atoms with Gasteiger partial charge in [0.05, 0.1) is 34.1 Å². The second kappa shape index (κ2) is 14.4. The van der Waals surface area contributed by atoms with Crippen LogP contribution in [0, 0.1) is 0 Å². The van der Waals surface area contributed by atoms with Crippen LogP contribution in [-0.4, -0.2) is 0 Å². The molecule has 0 atom stereocenters. The van der Waals surface area contributed by atoms with E-state index in [9.17, 15) is 0 Å². The first-order valence-corrected chi connectivity index (χ1v) is 24.8. The van der Waals surface area contributed by atoms with E-state index in [1.807, 2.05) is 11.3 Å². The van der Waals surface area contributed by atoms with E-state index in [2.05, 4.69) is 244 Å². The van der Waals surface area contributed by atoms with E-state index in [1.165, 1.54) is 105 Å². The van der Waals surface area contributed by atoms with Crippen molar-refractivity contribution in [3.63, 3.8) is 0 Å². The molecular formula is C62H63N3S. The Labute approximate surface area is 397 Å². The molecule has 8 aromatic rings. The second-order valence-corrected chi connectivity index (χ2v) is 24.0. The number of benzene rings is 7. The first-order chi connectivity index (χ1) is 31.2. The number of nitrogens with zero attached hydrogens (tertiary/aromatic N) is 3. The van der Waals surface area contributed by atoms with Gasteiger partial charge in [-0.15, -0.1) is 11.3 Å². The van der Waals surface area contributed by atoms with Crippen LogP contribution in [0.2, 0.25) is 0 Å². The van der Waals surface area contributed by atoms with Gasteiger partial charge in [0.15, 0.2) is 0 Å². The minimum absolute atomic E-state index is 0.0248. The maximum Gasteiger partial charge on any atom is 0.126 e. The second-order valence-electron chi connectivity index (χ2n) is 23.0. The molecule has 1 aromatic heterocycles. The third kappa shape index (κ3) is 6.49. The normalized spacial score (nSPS) is 14.9. The molecule has 3 nitrogen and oxygen atoms in total. The van der Waals surface area contributed by atoms with E-state index < -0.39 is 0 Å². The van der Waals surface area contributed by atoms with Gasteiger partial charge >= 0.3 is 0 Å². The Morgan fingerprint density at radius 1 is 0.455 bits per heavy atom. The maximum absolute atomic E-state index is 2.64. The average Bonchev–Trinajstić information content (AvgIpc) is 3.75. The summed E-state index contributed by atoms with van der Waals surface area (Å²) in [6, 6.07) is 54.3. The lowest BCUT2D eigenvalue weighted by atomic mass is 9.82. The fourth-order valence-corrected chi connectivity index (χ4v) is 12.0. The molecule has 332 valence electrons. The Bertz CT molecular complexity index is 3230. The van der Waals surface area contributed by atoms with E-state index in [0.29, 0.717) is 5.92 Å². The number of rotatable bonds is 4. The van der Waals surface area contributed by atoms with Crippen LogP contribution in [0.3, 0.4) is 0 Å². The van der Waals surface area contributed by atoms with Crippen molar-refractivity contribution in [2.45, 2.75) is 118 Å². The Hall–Kier alpha value is -6.10. The van der Waals surface area contributed by atoms with Gasteiger partial charge in [-0.3, -0.25) is 4.90 Å². The molecule has 0 bridgehead atoms. The summed E-state index contributed by atoms with van der Waals surface area (Å²) in [5.74, 6) is 0.453. The molecule has 0 N–H and O–H groups in total. The summed E-state index contributed by atoms with van der Waals surface area (Å²) in [7, 11) is 0. The maximum atomic E-state index is 2.64. The molecule has 1 aliphatic carbocycles. The van der Waals surface area contributed by atoms with Crippen LogP contribution >= 0.6 is 11.3 Å². The lowest BCUT2D eigenvalue weighted by molar-refractivity contribution is 0.590. The SMILES string of the molecule is CC(C)c1ccc(-c2cc3c4c(c2)N(c2ccc(C(C)(C)C)cc2)c2c(sc5cc6c(cc25)-c2ccccc2C6(C)C)N4c2cc(C(C)(C)C)ccc2N3c2ccc(C(C)(C)C)cc2)cc1. The molecule has 3 heterocycles. The van der Waals surface area contributed by atoms with Crippen LogP contribution < -0.4 is 14.7 Å². The smallest absolute Gasteiger partial charge is 0.126 e. The van der Waals surface area contributed by atoms with Gasteiger partial charge in [-0.2, -0.15) is 0 Å². The van der Waals surface area contributed by atoms with E-state index in [4.69, 9.17) is 0 Å². The van der Waals surface area contributed by atoms with Crippen molar-refractivity contribution in [2.24, 2.45) is 0 Å². The highest BCUT2D eigenvalue weighted by Crippen LogP contribution is 2.68. The summed E-state index contributed by atoms with van der Waals surface area (Å²) in [6.07, 6.45) is 0. The Kier molecular flexibility index (Phi) is 9.31. The van der Waals surface area contributed by atoms with Gasteiger partial charge in [-0.25, -0.2) is 0 Å². The van der Waals surface area contributed by atoms with Gasteiger partial charge in [0, 0.05) is 26.9 Å². The molecule has 4 heteroatoms. The minimum atomic E-state index is -0.106. The minimum Gasteiger partial charge on any atom is -0.306 e. The Morgan fingerprint density at radius 3 is 1.61 bits per heavy atom. The molecule has 3 aliphatic rings. The van der Waals surface area contributed by atoms with E-state index in [-0.39, 0.29) is 21.7 Å². The lowest BCUT2D eigenvalue weighted by Crippen LogP contribution is -2.30. The number of thiophene rings is 1. The van der Waals surface area contributed by atoms with Crippen molar-refractivity contribution in [2.75, 3.05) is 14.7 Å². The van der Waals surface area contributed by atoms with Crippen LogP contribution in [0.25, 0.3) is 32.3 Å². The van der Waals surface area contributed by atoms with Gasteiger partial charge in [0.25, 0.3) is 0 Å². The average molecular weight is 882 g/mol. The van der Waals surface area contributed by atoms with Crippen molar-refractivity contribution in [3.05, 3.63) is 173 Å². The van der Waals surface area contributed by atoms with Gasteiger partial charge < -0.3 is 9.80 Å². The summed E-state index contributed by atoms with van der Waals surface area (Å²) in [6.45, 7) is 30.2. The van der Waals surface area contributed by atoms with E-state index in [1.54, 1.807) is 0 Å². The van der Waals surface area contributed by atoms with Crippen molar-refractivity contribution >= 4 is 71.9 Å². The molecule has 7 aromatic carbocycles. The molecule has 2 aliphatic heterocycles. The molecular weight excluding hydrogens is 819 g/mol. The molecule has 0 unspecified atom stereocenters. The molecule has 0 radical (unpaired) electrons. The summed E-state index contributed by atoms with van der Waals surface area (Å²) in [5.41, 5.74) is 22.6. The summed E-state index contributed by atoms with van der Waals surface area (Å²) in [4.78, 5) is 7.80. The topological polar surface area (TPSA) is 9.72 Å². The zero-order valence-corrected chi connectivity index (χ0v) is 41.9. The third-order valence-corrected chi connectivity index (χ3v) is 15.9. The predicted molar refractivity (Wildman–Crippen MR) is 286 cm³/mol. The molecule has 0 spiro atoms. The van der Waals surface area contributed by atoms with Crippen molar-refractivity contribution in [1.29, 1.82) is 0 Å². The highest BCUT2D eigenvalue weighted by Gasteiger charge is 2.44. The van der Waals surface area contributed by atoms with Crippen molar-refractivity contribution in [1.82, 2.24) is 0 Å². The summed E-state index contributed by atoms with van der Waals surface area (Å²) < 4.78 is 1.31. The fraction of sp³-hybridized carbons (Fsp3) is 0.290. The Morgan fingerprint density at radius 2 is 1.02 bits per heavy atom. The quantitative estimate of drug-likeness (QED) is 0.174. The number of hydrogen-bond donors (Lipinski definition) is 0. The van der Waals surface area contributed by atoms with Gasteiger partial charge in [-0.1, -0.05) is 169 Å². The Balaban J connectivity index is 1.27. The largest absolute Gasteiger partial charge is 0.306 e. The monoisotopic (exact) mass is 881 g/mol. The zero-order valence-electron chi connectivity index (χ0n) is 41.1. The van der Waals surface area contributed by atoms with Crippen LogP contribution in [0.15, 0.2) is 140 Å². The van der Waals surface area contributed by atoms with E-state index in [0.717, 1.165) is 11.4 Å². The molecule has 0 saturated carbocycles. The number of fused-ring (bicyclic) bond motifs is 9. The van der Waals surface area contributed by atoms with Crippen molar-refractivity contribution < 1.29 is 0 Å². The molecule has 0 amide bonds. The first-order valence-electron chi connectivity index (χ1n) is 24.0. The fourth-order valence-electron chi connectivity index (χ4n) is 10.7. The lowest BCUT2D eigenvalue weighted by Gasteiger charge is -2.46. The standard InChI is InChI=1S/C62H63N3S/c1-37(2)38-18-20-39(21-19-38)40-32-53-57-54(33-40)64(45-29-24-42(25-30-45)60(6,7)8)56-48-35-47-46-16-14-15-17-49(46)62(12,13)50(47)36-55(48)66-58(56)65(57)52-34-43(61(9,10)11)26-31-51(52)63(53)44-27-22-41(23-28-44)59(3,4)5/h14-37H,1-13H3. The predicted octanol–water partition coefficient (Wildman–Crippen LogP) is 18.9. The molecule has 0 fully saturated rings. The summed E-state index contributed by atoms with van der Waals surface area (Å²) >= 11 is 1.94. The van der Waals surface area contributed by atoms with E-state index >= 15 is 0 Å². The molecule has 11 rings (SSSR count). The summed E-state index contributed by atoms with van der Waals surface area (Å²) in [5, 5.41) is 2.53. The van der Waals surface area contributed by atoms with Gasteiger partial charge in [-0.05, 0) is 138 Å². The zero-order chi connectivity index (χ0) is 46.4. The van der Waals surface area contributed by atoms with Gasteiger partial charge in [0.2, 0.25) is 0 Å².